The van der Waals surface area contributed by atoms with Crippen LogP contribution < -0.4 is 10.2 Å². The molecular weight excluding hydrogens is 324 g/mol. The van der Waals surface area contributed by atoms with Crippen LogP contribution >= 0.6 is 0 Å². The summed E-state index contributed by atoms with van der Waals surface area (Å²) >= 11 is 0. The number of carbonyl (C=O) groups is 1. The van der Waals surface area contributed by atoms with Crippen LogP contribution in [0.5, 0.6) is 0 Å². The van der Waals surface area contributed by atoms with E-state index in [9.17, 15) is 4.79 Å². The van der Waals surface area contributed by atoms with Crippen LogP contribution in [0.3, 0.4) is 0 Å². The van der Waals surface area contributed by atoms with Crippen LogP contribution in [0.4, 0.5) is 11.5 Å². The summed E-state index contributed by atoms with van der Waals surface area (Å²) in [5.41, 5.74) is 3.80. The van der Waals surface area contributed by atoms with Gasteiger partial charge in [0.05, 0.1) is 17.2 Å². The van der Waals surface area contributed by atoms with E-state index >= 15 is 0 Å². The summed E-state index contributed by atoms with van der Waals surface area (Å²) in [6, 6.07) is 15.8. The quantitative estimate of drug-likeness (QED) is 0.784. The highest BCUT2D eigenvalue weighted by atomic mass is 16.1. The Balaban J connectivity index is 1.40. The zero-order valence-corrected chi connectivity index (χ0v) is 14.9. The van der Waals surface area contributed by atoms with Gasteiger partial charge in [0.2, 0.25) is 5.91 Å². The van der Waals surface area contributed by atoms with Crippen LogP contribution in [0.15, 0.2) is 54.7 Å². The second-order valence-electron chi connectivity index (χ2n) is 6.78. The van der Waals surface area contributed by atoms with Crippen LogP contribution in [-0.4, -0.2) is 29.0 Å². The molecule has 0 unspecified atom stereocenters. The number of nitrogens with one attached hydrogen (secondary N) is 1. The summed E-state index contributed by atoms with van der Waals surface area (Å²) in [6.45, 7) is 3.65. The fourth-order valence-electron chi connectivity index (χ4n) is 3.42. The third-order valence-corrected chi connectivity index (χ3v) is 5.03. The van der Waals surface area contributed by atoms with Crippen molar-refractivity contribution >= 4 is 28.4 Å². The van der Waals surface area contributed by atoms with Crippen molar-refractivity contribution in [1.29, 1.82) is 0 Å². The van der Waals surface area contributed by atoms with Crippen molar-refractivity contribution in [3.05, 3.63) is 60.3 Å². The molecule has 0 spiro atoms. The molecule has 2 aromatic carbocycles. The van der Waals surface area contributed by atoms with Gasteiger partial charge in [-0.25, -0.2) is 4.98 Å². The maximum atomic E-state index is 12.6. The second-order valence-corrected chi connectivity index (χ2v) is 6.78. The van der Waals surface area contributed by atoms with Gasteiger partial charge in [0.15, 0.2) is 0 Å². The Labute approximate surface area is 153 Å². The topological polar surface area (TPSA) is 58.1 Å². The molecule has 5 nitrogen and oxygen atoms in total. The summed E-state index contributed by atoms with van der Waals surface area (Å²) in [7, 11) is 0. The summed E-state index contributed by atoms with van der Waals surface area (Å²) in [6.07, 6.45) is 3.48. The predicted molar refractivity (Wildman–Crippen MR) is 104 cm³/mol. The van der Waals surface area contributed by atoms with Crippen molar-refractivity contribution < 1.29 is 4.79 Å². The van der Waals surface area contributed by atoms with E-state index in [2.05, 4.69) is 15.2 Å². The van der Waals surface area contributed by atoms with Gasteiger partial charge in [-0.3, -0.25) is 9.78 Å². The molecule has 26 heavy (non-hydrogen) atoms. The number of benzene rings is 2. The molecule has 1 aromatic heterocycles. The number of para-hydroxylation sites is 3. The number of hydrogen-bond acceptors (Lipinski definition) is 4. The third-order valence-electron chi connectivity index (χ3n) is 5.03. The van der Waals surface area contributed by atoms with Gasteiger partial charge >= 0.3 is 0 Å². The number of rotatable bonds is 3. The van der Waals surface area contributed by atoms with Crippen molar-refractivity contribution in [2.75, 3.05) is 23.3 Å². The van der Waals surface area contributed by atoms with Crippen molar-refractivity contribution in [2.45, 2.75) is 19.8 Å². The third kappa shape index (κ3) is 3.38. The van der Waals surface area contributed by atoms with E-state index in [1.165, 1.54) is 0 Å². The lowest BCUT2D eigenvalue weighted by Crippen LogP contribution is -2.38. The summed E-state index contributed by atoms with van der Waals surface area (Å²) < 4.78 is 0. The number of piperidine rings is 1. The van der Waals surface area contributed by atoms with E-state index in [0.29, 0.717) is 0 Å². The Kier molecular flexibility index (Phi) is 4.52. The minimum atomic E-state index is 0.0410. The Bertz CT molecular complexity index is 932. The molecule has 1 N–H and O–H groups in total. The summed E-state index contributed by atoms with van der Waals surface area (Å²) in [5.74, 6) is 1.05. The maximum absolute atomic E-state index is 12.6. The first-order valence-electron chi connectivity index (χ1n) is 9.04. The highest BCUT2D eigenvalue weighted by molar-refractivity contribution is 5.93. The number of anilines is 2. The second kappa shape index (κ2) is 7.12. The molecule has 0 atom stereocenters. The molecule has 3 aromatic rings. The lowest BCUT2D eigenvalue weighted by atomic mass is 9.95. The highest BCUT2D eigenvalue weighted by Crippen LogP contribution is 2.24. The van der Waals surface area contributed by atoms with Gasteiger partial charge in [-0.2, -0.15) is 0 Å². The summed E-state index contributed by atoms with van der Waals surface area (Å²) in [4.78, 5) is 24.0. The van der Waals surface area contributed by atoms with Gasteiger partial charge in [-0.15, -0.1) is 0 Å². The number of hydrogen-bond donors (Lipinski definition) is 1. The SMILES string of the molecule is Cc1ccccc1NC(=O)C1CCN(c2cnc3ccccc3n2)CC1. The highest BCUT2D eigenvalue weighted by Gasteiger charge is 2.26. The first-order chi connectivity index (χ1) is 12.7. The van der Waals surface area contributed by atoms with E-state index in [1.807, 2.05) is 61.7 Å². The molecule has 1 amide bonds. The molecule has 1 saturated heterocycles. The number of nitrogens with zero attached hydrogens (tertiary/aromatic N) is 3. The van der Waals surface area contributed by atoms with Crippen LogP contribution in [-0.2, 0) is 4.79 Å². The van der Waals surface area contributed by atoms with E-state index in [4.69, 9.17) is 4.98 Å². The molecule has 4 rings (SSSR count). The molecule has 0 bridgehead atoms. The van der Waals surface area contributed by atoms with Gasteiger partial charge in [0, 0.05) is 24.7 Å². The Morgan fingerprint density at radius 3 is 2.50 bits per heavy atom. The monoisotopic (exact) mass is 346 g/mol. The Morgan fingerprint density at radius 1 is 1.04 bits per heavy atom. The lowest BCUT2D eigenvalue weighted by molar-refractivity contribution is -0.120. The average molecular weight is 346 g/mol. The first kappa shape index (κ1) is 16.5. The molecule has 0 aliphatic carbocycles. The van der Waals surface area contributed by atoms with E-state index < -0.39 is 0 Å². The van der Waals surface area contributed by atoms with Gasteiger partial charge in [-0.1, -0.05) is 30.3 Å². The first-order valence-corrected chi connectivity index (χ1v) is 9.04. The molecule has 1 fully saturated rings. The fraction of sp³-hybridized carbons (Fsp3) is 0.286. The minimum absolute atomic E-state index is 0.0410. The fourth-order valence-corrected chi connectivity index (χ4v) is 3.42. The number of carbonyl (C=O) groups excluding carboxylic acids is 1. The van der Waals surface area contributed by atoms with Gasteiger partial charge in [-0.05, 0) is 43.5 Å². The zero-order valence-electron chi connectivity index (χ0n) is 14.9. The molecule has 5 heteroatoms. The van der Waals surface area contributed by atoms with Gasteiger partial charge in [0.1, 0.15) is 5.82 Å². The lowest BCUT2D eigenvalue weighted by Gasteiger charge is -2.32. The van der Waals surface area contributed by atoms with Crippen molar-refractivity contribution in [3.63, 3.8) is 0 Å². The van der Waals surface area contributed by atoms with Crippen molar-refractivity contribution in [2.24, 2.45) is 5.92 Å². The number of amides is 1. The van der Waals surface area contributed by atoms with Crippen LogP contribution in [0.1, 0.15) is 18.4 Å². The van der Waals surface area contributed by atoms with E-state index in [1.54, 1.807) is 0 Å². The molecule has 2 heterocycles. The molecule has 1 aliphatic rings. The standard InChI is InChI=1S/C21H22N4O/c1-15-6-2-3-7-17(15)24-21(26)16-10-12-25(13-11-16)20-14-22-18-8-4-5-9-19(18)23-20/h2-9,14,16H,10-13H2,1H3,(H,24,26). The van der Waals surface area contributed by atoms with E-state index in [0.717, 1.165) is 54.0 Å². The summed E-state index contributed by atoms with van der Waals surface area (Å²) in [5, 5.41) is 3.07. The molecule has 132 valence electrons. The van der Waals surface area contributed by atoms with Crippen molar-refractivity contribution in [3.8, 4) is 0 Å². The van der Waals surface area contributed by atoms with E-state index in [-0.39, 0.29) is 11.8 Å². The molecule has 1 aliphatic heterocycles. The molecule has 0 radical (unpaired) electrons. The Morgan fingerprint density at radius 2 is 1.73 bits per heavy atom. The average Bonchev–Trinajstić information content (AvgIpc) is 2.69. The number of aromatic nitrogens is 2. The van der Waals surface area contributed by atoms with Crippen molar-refractivity contribution in [1.82, 2.24) is 9.97 Å². The largest absolute Gasteiger partial charge is 0.355 e. The molecular formula is C21H22N4O. The smallest absolute Gasteiger partial charge is 0.227 e. The van der Waals surface area contributed by atoms with Crippen LogP contribution in [0, 0.1) is 12.8 Å². The number of aryl methyl sites for hydroxylation is 1. The molecule has 0 saturated carbocycles. The normalized spacial score (nSPS) is 15.2. The maximum Gasteiger partial charge on any atom is 0.227 e. The number of fused-ring (bicyclic) bond motifs is 1. The minimum Gasteiger partial charge on any atom is -0.355 e. The predicted octanol–water partition coefficient (Wildman–Crippen LogP) is 3.79. The zero-order chi connectivity index (χ0) is 17.9. The van der Waals surface area contributed by atoms with Gasteiger partial charge in [0.25, 0.3) is 0 Å². The van der Waals surface area contributed by atoms with Crippen LogP contribution in [0.25, 0.3) is 11.0 Å². The van der Waals surface area contributed by atoms with Crippen LogP contribution in [0.2, 0.25) is 0 Å². The Hall–Kier alpha value is -2.95. The van der Waals surface area contributed by atoms with Gasteiger partial charge < -0.3 is 10.2 Å².